The van der Waals surface area contributed by atoms with Crippen molar-refractivity contribution < 1.29 is 14.7 Å². The predicted octanol–water partition coefficient (Wildman–Crippen LogP) is 3.16. The first kappa shape index (κ1) is 15.5. The van der Waals surface area contributed by atoms with E-state index in [1.54, 1.807) is 4.90 Å². The van der Waals surface area contributed by atoms with E-state index in [9.17, 15) is 9.59 Å². The maximum atomic E-state index is 12.6. The Balaban J connectivity index is 2.05. The minimum atomic E-state index is -0.733. The molecule has 114 valence electrons. The number of anilines is 1. The number of amides is 1. The van der Waals surface area contributed by atoms with E-state index in [4.69, 9.17) is 5.11 Å². The molecule has 0 bridgehead atoms. The number of carboxylic acid groups (broad SMARTS) is 1. The van der Waals surface area contributed by atoms with Gasteiger partial charge >= 0.3 is 5.97 Å². The second-order valence-corrected chi connectivity index (χ2v) is 6.07. The van der Waals surface area contributed by atoms with Crippen LogP contribution in [0.5, 0.6) is 0 Å². The van der Waals surface area contributed by atoms with E-state index in [0.29, 0.717) is 25.7 Å². The molecule has 0 saturated heterocycles. The van der Waals surface area contributed by atoms with Gasteiger partial charge in [0.05, 0.1) is 5.92 Å². The zero-order chi connectivity index (χ0) is 15.6. The van der Waals surface area contributed by atoms with Gasteiger partial charge in [-0.05, 0) is 51.2 Å². The highest BCUT2D eigenvalue weighted by molar-refractivity contribution is 5.95. The molecular weight excluding hydrogens is 266 g/mol. The minimum absolute atomic E-state index is 0.0497. The van der Waals surface area contributed by atoms with E-state index in [1.165, 1.54) is 5.56 Å². The van der Waals surface area contributed by atoms with Gasteiger partial charge in [0, 0.05) is 18.7 Å². The average Bonchev–Trinajstić information content (AvgIpc) is 2.46. The number of carbonyl (C=O) groups is 2. The van der Waals surface area contributed by atoms with Crippen LogP contribution in [0.1, 0.15) is 36.8 Å². The van der Waals surface area contributed by atoms with Crippen LogP contribution in [0.3, 0.4) is 0 Å². The quantitative estimate of drug-likeness (QED) is 0.930. The van der Waals surface area contributed by atoms with Gasteiger partial charge in [0.1, 0.15) is 0 Å². The van der Waals surface area contributed by atoms with Crippen LogP contribution in [0.15, 0.2) is 18.2 Å². The molecule has 4 nitrogen and oxygen atoms in total. The molecule has 0 unspecified atom stereocenters. The molecule has 0 spiro atoms. The van der Waals surface area contributed by atoms with Crippen molar-refractivity contribution in [3.8, 4) is 0 Å². The third-order valence-corrected chi connectivity index (χ3v) is 4.47. The van der Waals surface area contributed by atoms with Crippen LogP contribution >= 0.6 is 0 Å². The summed E-state index contributed by atoms with van der Waals surface area (Å²) in [6.07, 6.45) is 2.55. The monoisotopic (exact) mass is 289 g/mol. The average molecular weight is 289 g/mol. The molecule has 0 heterocycles. The molecule has 0 aliphatic heterocycles. The number of aliphatic carboxylic acids is 1. The smallest absolute Gasteiger partial charge is 0.306 e. The Hall–Kier alpha value is -1.84. The summed E-state index contributed by atoms with van der Waals surface area (Å²) in [5.41, 5.74) is 3.20. The molecule has 21 heavy (non-hydrogen) atoms. The van der Waals surface area contributed by atoms with Crippen molar-refractivity contribution in [2.75, 3.05) is 11.9 Å². The molecule has 1 N–H and O–H groups in total. The SMILES string of the molecule is Cc1ccc(N(C)C(=O)C2CCC(C(=O)O)CC2)c(C)c1. The standard InChI is InChI=1S/C17H23NO3/c1-11-4-9-15(12(2)10-11)18(3)16(19)13-5-7-14(8-6-13)17(20)21/h4,9-10,13-14H,5-8H2,1-3H3,(H,20,21). The molecule has 0 radical (unpaired) electrons. The molecule has 1 aromatic carbocycles. The maximum absolute atomic E-state index is 12.6. The molecule has 0 aromatic heterocycles. The molecule has 4 heteroatoms. The normalized spacial score (nSPS) is 21.9. The van der Waals surface area contributed by atoms with Gasteiger partial charge in [-0.15, -0.1) is 0 Å². The Morgan fingerprint density at radius 1 is 1.10 bits per heavy atom. The van der Waals surface area contributed by atoms with E-state index in [0.717, 1.165) is 11.3 Å². The predicted molar refractivity (Wildman–Crippen MR) is 82.4 cm³/mol. The molecule has 2 rings (SSSR count). The van der Waals surface area contributed by atoms with Crippen molar-refractivity contribution in [1.82, 2.24) is 0 Å². The van der Waals surface area contributed by atoms with Crippen LogP contribution in [0, 0.1) is 25.7 Å². The molecule has 1 fully saturated rings. The van der Waals surface area contributed by atoms with Crippen molar-refractivity contribution in [1.29, 1.82) is 0 Å². The first-order chi connectivity index (χ1) is 9.90. The summed E-state index contributed by atoms with van der Waals surface area (Å²) in [5.74, 6) is -0.957. The van der Waals surface area contributed by atoms with Crippen molar-refractivity contribution in [2.45, 2.75) is 39.5 Å². The third kappa shape index (κ3) is 3.43. The summed E-state index contributed by atoms with van der Waals surface area (Å²) in [4.78, 5) is 25.3. The van der Waals surface area contributed by atoms with Gasteiger partial charge in [-0.25, -0.2) is 0 Å². The van der Waals surface area contributed by atoms with Gasteiger partial charge in [0.25, 0.3) is 0 Å². The number of rotatable bonds is 3. The minimum Gasteiger partial charge on any atom is -0.481 e. The lowest BCUT2D eigenvalue weighted by molar-refractivity contribution is -0.143. The van der Waals surface area contributed by atoms with Gasteiger partial charge in [0.2, 0.25) is 5.91 Å². The largest absolute Gasteiger partial charge is 0.481 e. The van der Waals surface area contributed by atoms with Gasteiger partial charge in [-0.2, -0.15) is 0 Å². The van der Waals surface area contributed by atoms with E-state index in [1.807, 2.05) is 33.0 Å². The second kappa shape index (κ2) is 6.29. The van der Waals surface area contributed by atoms with E-state index in [2.05, 4.69) is 6.07 Å². The molecule has 1 aliphatic rings. The fourth-order valence-electron chi connectivity index (χ4n) is 3.16. The molecule has 1 amide bonds. The number of benzene rings is 1. The number of carbonyl (C=O) groups excluding carboxylic acids is 1. The maximum Gasteiger partial charge on any atom is 0.306 e. The summed E-state index contributed by atoms with van der Waals surface area (Å²) in [5, 5.41) is 9.02. The van der Waals surface area contributed by atoms with Crippen LogP contribution in [0.2, 0.25) is 0 Å². The van der Waals surface area contributed by atoms with Crippen LogP contribution in [-0.2, 0) is 9.59 Å². The van der Waals surface area contributed by atoms with Gasteiger partial charge in [-0.3, -0.25) is 9.59 Å². The van der Waals surface area contributed by atoms with Gasteiger partial charge in [0.15, 0.2) is 0 Å². The Morgan fingerprint density at radius 2 is 1.67 bits per heavy atom. The van der Waals surface area contributed by atoms with Crippen molar-refractivity contribution in [2.24, 2.45) is 11.8 Å². The zero-order valence-electron chi connectivity index (χ0n) is 12.9. The van der Waals surface area contributed by atoms with Crippen LogP contribution < -0.4 is 4.90 Å². The van der Waals surface area contributed by atoms with Crippen molar-refractivity contribution >= 4 is 17.6 Å². The fourth-order valence-corrected chi connectivity index (χ4v) is 3.16. The molecule has 1 aromatic rings. The van der Waals surface area contributed by atoms with Crippen LogP contribution in [0.4, 0.5) is 5.69 Å². The van der Waals surface area contributed by atoms with Gasteiger partial charge in [-0.1, -0.05) is 17.7 Å². The highest BCUT2D eigenvalue weighted by Gasteiger charge is 2.31. The van der Waals surface area contributed by atoms with Crippen molar-refractivity contribution in [3.05, 3.63) is 29.3 Å². The highest BCUT2D eigenvalue weighted by Crippen LogP contribution is 2.31. The van der Waals surface area contributed by atoms with E-state index < -0.39 is 5.97 Å². The Kier molecular flexibility index (Phi) is 4.66. The lowest BCUT2D eigenvalue weighted by Crippen LogP contribution is -2.36. The first-order valence-corrected chi connectivity index (χ1v) is 7.47. The summed E-state index contributed by atoms with van der Waals surface area (Å²) >= 11 is 0. The molecule has 1 saturated carbocycles. The third-order valence-electron chi connectivity index (χ3n) is 4.47. The summed E-state index contributed by atoms with van der Waals surface area (Å²) in [6.45, 7) is 4.04. The molecule has 1 aliphatic carbocycles. The van der Waals surface area contributed by atoms with E-state index >= 15 is 0 Å². The Labute approximate surface area is 125 Å². The van der Waals surface area contributed by atoms with Crippen LogP contribution in [-0.4, -0.2) is 24.0 Å². The van der Waals surface area contributed by atoms with Gasteiger partial charge < -0.3 is 10.0 Å². The Morgan fingerprint density at radius 3 is 2.19 bits per heavy atom. The number of carboxylic acids is 1. The van der Waals surface area contributed by atoms with Crippen molar-refractivity contribution in [3.63, 3.8) is 0 Å². The topological polar surface area (TPSA) is 57.6 Å². The number of hydrogen-bond donors (Lipinski definition) is 1. The molecule has 0 atom stereocenters. The number of hydrogen-bond acceptors (Lipinski definition) is 2. The van der Waals surface area contributed by atoms with Crippen LogP contribution in [0.25, 0.3) is 0 Å². The zero-order valence-corrected chi connectivity index (χ0v) is 12.9. The molecular formula is C17H23NO3. The van der Waals surface area contributed by atoms with E-state index in [-0.39, 0.29) is 17.7 Å². The number of nitrogens with zero attached hydrogens (tertiary/aromatic N) is 1. The number of aryl methyl sites for hydroxylation is 2. The Bertz CT molecular complexity index is 545. The highest BCUT2D eigenvalue weighted by atomic mass is 16.4. The fraction of sp³-hybridized carbons (Fsp3) is 0.529. The lowest BCUT2D eigenvalue weighted by atomic mass is 9.81. The second-order valence-electron chi connectivity index (χ2n) is 6.07. The summed E-state index contributed by atoms with van der Waals surface area (Å²) in [7, 11) is 1.81. The lowest BCUT2D eigenvalue weighted by Gasteiger charge is -2.29. The summed E-state index contributed by atoms with van der Waals surface area (Å²) < 4.78 is 0. The summed E-state index contributed by atoms with van der Waals surface area (Å²) in [6, 6.07) is 6.05. The first-order valence-electron chi connectivity index (χ1n) is 7.47.